The minimum absolute atomic E-state index is 0.0469. The molecule has 0 radical (unpaired) electrons. The number of hydrogen-bond acceptors (Lipinski definition) is 5. The van der Waals surface area contributed by atoms with Gasteiger partial charge in [0.1, 0.15) is 6.04 Å². The Morgan fingerprint density at radius 1 is 1.43 bits per heavy atom. The van der Waals surface area contributed by atoms with E-state index < -0.39 is 6.04 Å². The van der Waals surface area contributed by atoms with E-state index in [9.17, 15) is 9.59 Å². The van der Waals surface area contributed by atoms with Crippen LogP contribution in [0.1, 0.15) is 38.3 Å². The van der Waals surface area contributed by atoms with Crippen LogP contribution in [0.25, 0.3) is 0 Å². The molecular weight excluding hydrogens is 306 g/mol. The summed E-state index contributed by atoms with van der Waals surface area (Å²) >= 11 is 3.17. The van der Waals surface area contributed by atoms with Crippen molar-refractivity contribution in [2.24, 2.45) is 0 Å². The summed E-state index contributed by atoms with van der Waals surface area (Å²) in [5, 5.41) is 5.58. The van der Waals surface area contributed by atoms with E-state index in [0.717, 1.165) is 10.6 Å². The summed E-state index contributed by atoms with van der Waals surface area (Å²) in [6.45, 7) is 10.0. The first-order valence-electron chi connectivity index (χ1n) is 6.77. The van der Waals surface area contributed by atoms with Gasteiger partial charge in [0, 0.05) is 22.3 Å². The zero-order valence-corrected chi connectivity index (χ0v) is 14.8. The minimum atomic E-state index is -0.514. The summed E-state index contributed by atoms with van der Waals surface area (Å²) in [4.78, 5) is 28.7. The van der Waals surface area contributed by atoms with Crippen molar-refractivity contribution in [2.75, 3.05) is 5.75 Å². The van der Waals surface area contributed by atoms with Crippen LogP contribution in [-0.2, 0) is 16.1 Å². The third-order valence-electron chi connectivity index (χ3n) is 2.65. The van der Waals surface area contributed by atoms with E-state index in [-0.39, 0.29) is 16.6 Å². The number of aromatic nitrogens is 1. The third-order valence-corrected chi connectivity index (χ3v) is 4.95. The van der Waals surface area contributed by atoms with Crippen molar-refractivity contribution in [3.05, 3.63) is 16.1 Å². The normalized spacial score (nSPS) is 12.8. The highest BCUT2D eigenvalue weighted by atomic mass is 32.2. The Morgan fingerprint density at radius 3 is 2.57 bits per heavy atom. The lowest BCUT2D eigenvalue weighted by Gasteiger charge is -2.23. The molecule has 1 atom stereocenters. The highest BCUT2D eigenvalue weighted by molar-refractivity contribution is 8.00. The summed E-state index contributed by atoms with van der Waals surface area (Å²) in [7, 11) is 0. The number of hydrogen-bond donors (Lipinski definition) is 2. The highest BCUT2D eigenvalue weighted by Crippen LogP contribution is 2.23. The summed E-state index contributed by atoms with van der Waals surface area (Å²) in [5.74, 6) is 0.199. The molecule has 2 N–H and O–H groups in total. The van der Waals surface area contributed by atoms with Crippen LogP contribution in [0.5, 0.6) is 0 Å². The molecule has 1 rings (SSSR count). The highest BCUT2D eigenvalue weighted by Gasteiger charge is 2.22. The lowest BCUT2D eigenvalue weighted by molar-refractivity contribution is -0.127. The molecule has 7 heteroatoms. The topological polar surface area (TPSA) is 71.1 Å². The molecule has 21 heavy (non-hydrogen) atoms. The average Bonchev–Trinajstić information content (AvgIpc) is 2.75. The van der Waals surface area contributed by atoms with E-state index in [1.807, 2.05) is 6.92 Å². The number of carbonyl (C=O) groups excluding carboxylic acids is 2. The third kappa shape index (κ3) is 6.95. The molecule has 1 unspecified atom stereocenters. The first-order chi connectivity index (χ1) is 9.69. The summed E-state index contributed by atoms with van der Waals surface area (Å²) in [5.41, 5.74) is 2.69. The number of thioether (sulfide) groups is 1. The van der Waals surface area contributed by atoms with Gasteiger partial charge in [-0.3, -0.25) is 9.59 Å². The molecule has 0 aliphatic heterocycles. The van der Waals surface area contributed by atoms with Crippen LogP contribution in [-0.4, -0.2) is 33.3 Å². The maximum atomic E-state index is 12.2. The number of amides is 2. The molecule has 1 aromatic heterocycles. The Bertz CT molecular complexity index is 495. The summed E-state index contributed by atoms with van der Waals surface area (Å²) < 4.78 is 0.0469. The first kappa shape index (κ1) is 18.0. The smallest absolute Gasteiger partial charge is 0.243 e. The zero-order valence-electron chi connectivity index (χ0n) is 13.1. The Labute approximate surface area is 134 Å². The summed E-state index contributed by atoms with van der Waals surface area (Å²) in [6, 6.07) is -0.514. The van der Waals surface area contributed by atoms with Crippen molar-refractivity contribution < 1.29 is 9.59 Å². The van der Waals surface area contributed by atoms with Gasteiger partial charge in [-0.2, -0.15) is 11.8 Å². The van der Waals surface area contributed by atoms with Gasteiger partial charge in [0.05, 0.1) is 17.7 Å². The van der Waals surface area contributed by atoms with E-state index in [1.165, 1.54) is 18.3 Å². The van der Waals surface area contributed by atoms with Crippen LogP contribution in [0.15, 0.2) is 5.51 Å². The van der Waals surface area contributed by atoms with E-state index in [1.54, 1.807) is 17.3 Å². The fourth-order valence-electron chi connectivity index (χ4n) is 1.55. The van der Waals surface area contributed by atoms with E-state index in [4.69, 9.17) is 0 Å². The molecule has 5 nitrogen and oxygen atoms in total. The number of nitrogens with one attached hydrogen (secondary N) is 2. The maximum Gasteiger partial charge on any atom is 0.243 e. The first-order valence-corrected chi connectivity index (χ1v) is 8.63. The van der Waals surface area contributed by atoms with Crippen molar-refractivity contribution >= 4 is 34.9 Å². The second-order valence-corrected chi connectivity index (χ2v) is 8.54. The van der Waals surface area contributed by atoms with Gasteiger partial charge >= 0.3 is 0 Å². The fourth-order valence-corrected chi connectivity index (χ4v) is 3.17. The molecule has 118 valence electrons. The second kappa shape index (κ2) is 7.79. The summed E-state index contributed by atoms with van der Waals surface area (Å²) in [6.07, 6.45) is 0. The number of thiazole rings is 1. The number of aryl methyl sites for hydroxylation is 1. The lowest BCUT2D eigenvalue weighted by atomic mass is 10.2. The van der Waals surface area contributed by atoms with Crippen molar-refractivity contribution in [3.8, 4) is 0 Å². The Hall–Kier alpha value is -1.08. The predicted octanol–water partition coefficient (Wildman–Crippen LogP) is 2.10. The van der Waals surface area contributed by atoms with Crippen LogP contribution in [0.4, 0.5) is 0 Å². The van der Waals surface area contributed by atoms with Gasteiger partial charge in [-0.05, 0) is 6.92 Å². The van der Waals surface area contributed by atoms with Gasteiger partial charge in [-0.1, -0.05) is 20.8 Å². The van der Waals surface area contributed by atoms with Crippen LogP contribution in [0.3, 0.4) is 0 Å². The molecule has 2 amide bonds. The van der Waals surface area contributed by atoms with E-state index in [2.05, 4.69) is 36.4 Å². The van der Waals surface area contributed by atoms with E-state index >= 15 is 0 Å². The Kier molecular flexibility index (Phi) is 6.67. The van der Waals surface area contributed by atoms with Gasteiger partial charge in [-0.25, -0.2) is 4.98 Å². The quantitative estimate of drug-likeness (QED) is 0.838. The van der Waals surface area contributed by atoms with Crippen molar-refractivity contribution in [1.82, 2.24) is 15.6 Å². The molecule has 0 saturated heterocycles. The maximum absolute atomic E-state index is 12.2. The number of nitrogens with zero attached hydrogens (tertiary/aromatic N) is 1. The van der Waals surface area contributed by atoms with E-state index in [0.29, 0.717) is 12.3 Å². The molecule has 0 spiro atoms. The minimum Gasteiger partial charge on any atom is -0.349 e. The average molecular weight is 329 g/mol. The van der Waals surface area contributed by atoms with Crippen molar-refractivity contribution in [2.45, 2.75) is 52.0 Å². The van der Waals surface area contributed by atoms with Crippen LogP contribution in [0.2, 0.25) is 0 Å². The molecular formula is C14H23N3O2S2. The van der Waals surface area contributed by atoms with Gasteiger partial charge in [0.2, 0.25) is 11.8 Å². The molecule has 0 aliphatic rings. The van der Waals surface area contributed by atoms with Gasteiger partial charge in [0.25, 0.3) is 0 Å². The Morgan fingerprint density at radius 2 is 2.10 bits per heavy atom. The van der Waals surface area contributed by atoms with Crippen molar-refractivity contribution in [1.29, 1.82) is 0 Å². The second-order valence-electron chi connectivity index (χ2n) is 5.76. The van der Waals surface area contributed by atoms with Crippen LogP contribution in [0, 0.1) is 6.92 Å². The molecule has 1 heterocycles. The molecule has 0 saturated carbocycles. The monoisotopic (exact) mass is 329 g/mol. The predicted molar refractivity (Wildman–Crippen MR) is 88.5 cm³/mol. The standard InChI is InChI=1S/C14H23N3O2S2/c1-9-12(20-8-16-9)6-15-13(19)11(17-10(2)18)7-21-14(3,4)5/h8,11H,6-7H2,1-5H3,(H,15,19)(H,17,18). The fraction of sp³-hybridized carbons (Fsp3) is 0.643. The SMILES string of the molecule is CC(=O)NC(CSC(C)(C)C)C(=O)NCc1scnc1C. The number of rotatable bonds is 6. The van der Waals surface area contributed by atoms with Gasteiger partial charge in [0.15, 0.2) is 0 Å². The van der Waals surface area contributed by atoms with Crippen LogP contribution < -0.4 is 10.6 Å². The molecule has 0 aliphatic carbocycles. The van der Waals surface area contributed by atoms with Crippen molar-refractivity contribution in [3.63, 3.8) is 0 Å². The molecule has 0 aromatic carbocycles. The van der Waals surface area contributed by atoms with Crippen LogP contribution >= 0.6 is 23.1 Å². The zero-order chi connectivity index (χ0) is 16.0. The molecule has 0 bridgehead atoms. The largest absolute Gasteiger partial charge is 0.349 e. The lowest BCUT2D eigenvalue weighted by Crippen LogP contribution is -2.47. The molecule has 1 aromatic rings. The number of carbonyl (C=O) groups is 2. The molecule has 0 fully saturated rings. The Balaban J connectivity index is 2.58. The van der Waals surface area contributed by atoms with Gasteiger partial charge < -0.3 is 10.6 Å². The van der Waals surface area contributed by atoms with Gasteiger partial charge in [-0.15, -0.1) is 11.3 Å².